The average molecular weight is 288 g/mol. The second-order valence-corrected chi connectivity index (χ2v) is 5.18. The highest BCUT2D eigenvalue weighted by Gasteiger charge is 2.38. The number of allylic oxidation sites excluding steroid dienone is 2. The van der Waals surface area contributed by atoms with E-state index in [-0.39, 0.29) is 13.2 Å². The predicted molar refractivity (Wildman–Crippen MR) is 76.5 cm³/mol. The van der Waals surface area contributed by atoms with Crippen molar-refractivity contribution in [1.29, 1.82) is 0 Å². The summed E-state index contributed by atoms with van der Waals surface area (Å²) in [7, 11) is 0. The van der Waals surface area contributed by atoms with Crippen LogP contribution in [0.2, 0.25) is 0 Å². The number of ether oxygens (including phenoxy) is 2. The molecule has 0 aromatic rings. The fraction of sp³-hybridized carbons (Fsp3) is 0.867. The number of aliphatic hydroxyl groups is 3. The van der Waals surface area contributed by atoms with Gasteiger partial charge in [-0.2, -0.15) is 0 Å². The molecule has 1 fully saturated rings. The first-order valence-corrected chi connectivity index (χ1v) is 7.55. The van der Waals surface area contributed by atoms with E-state index in [2.05, 4.69) is 19.1 Å². The average Bonchev–Trinajstić information content (AvgIpc) is 2.45. The van der Waals surface area contributed by atoms with Gasteiger partial charge in [-0.15, -0.1) is 0 Å². The Hall–Kier alpha value is -0.460. The third-order valence-electron chi connectivity index (χ3n) is 3.49. The van der Waals surface area contributed by atoms with Crippen LogP contribution in [0.4, 0.5) is 0 Å². The van der Waals surface area contributed by atoms with Crippen LogP contribution in [-0.4, -0.2) is 59.6 Å². The molecule has 3 N–H and O–H groups in total. The molecule has 5 nitrogen and oxygen atoms in total. The minimum atomic E-state index is -0.976. The van der Waals surface area contributed by atoms with E-state index in [9.17, 15) is 10.2 Å². The Kier molecular flexibility index (Phi) is 9.05. The summed E-state index contributed by atoms with van der Waals surface area (Å²) in [5, 5.41) is 28.7. The van der Waals surface area contributed by atoms with Crippen LogP contribution in [0.15, 0.2) is 12.2 Å². The number of unbranched alkanes of at least 4 members (excludes halogenated alkanes) is 3. The minimum absolute atomic E-state index is 0.0920. The van der Waals surface area contributed by atoms with Gasteiger partial charge in [0.1, 0.15) is 24.4 Å². The lowest BCUT2D eigenvalue weighted by molar-refractivity contribution is -0.210. The molecule has 0 aromatic heterocycles. The molecule has 1 aliphatic heterocycles. The Morgan fingerprint density at radius 3 is 2.70 bits per heavy atom. The first-order chi connectivity index (χ1) is 9.70. The first kappa shape index (κ1) is 17.6. The van der Waals surface area contributed by atoms with Gasteiger partial charge in [0.15, 0.2) is 0 Å². The zero-order valence-corrected chi connectivity index (χ0v) is 12.3. The molecule has 0 aliphatic carbocycles. The Bertz CT molecular complexity index is 269. The molecular weight excluding hydrogens is 260 g/mol. The molecule has 20 heavy (non-hydrogen) atoms. The molecule has 0 unspecified atom stereocenters. The van der Waals surface area contributed by atoms with Gasteiger partial charge >= 0.3 is 0 Å². The largest absolute Gasteiger partial charge is 0.394 e. The third-order valence-corrected chi connectivity index (χ3v) is 3.49. The molecule has 0 amide bonds. The van der Waals surface area contributed by atoms with Gasteiger partial charge in [0, 0.05) is 6.61 Å². The van der Waals surface area contributed by atoms with Gasteiger partial charge < -0.3 is 24.8 Å². The van der Waals surface area contributed by atoms with E-state index >= 15 is 0 Å². The molecule has 0 aromatic carbocycles. The molecule has 0 spiro atoms. The fourth-order valence-corrected chi connectivity index (χ4v) is 2.27. The van der Waals surface area contributed by atoms with Crippen LogP contribution in [-0.2, 0) is 9.47 Å². The summed E-state index contributed by atoms with van der Waals surface area (Å²) in [4.78, 5) is 0. The zero-order valence-electron chi connectivity index (χ0n) is 12.3. The maximum absolute atomic E-state index is 9.92. The number of hydrogen-bond donors (Lipinski definition) is 3. The molecular formula is C15H28O5. The van der Waals surface area contributed by atoms with E-state index in [1.807, 2.05) is 0 Å². The summed E-state index contributed by atoms with van der Waals surface area (Å²) in [5.41, 5.74) is 0. The molecule has 0 saturated carbocycles. The second-order valence-electron chi connectivity index (χ2n) is 5.18. The summed E-state index contributed by atoms with van der Waals surface area (Å²) in [6, 6.07) is 0. The van der Waals surface area contributed by atoms with Gasteiger partial charge in [0.2, 0.25) is 0 Å². The molecule has 1 saturated heterocycles. The lowest BCUT2D eigenvalue weighted by atomic mass is 10.0. The van der Waals surface area contributed by atoms with Crippen molar-refractivity contribution in [1.82, 2.24) is 0 Å². The van der Waals surface area contributed by atoms with Gasteiger partial charge in [-0.1, -0.05) is 25.5 Å². The highest BCUT2D eigenvalue weighted by Crippen LogP contribution is 2.18. The Morgan fingerprint density at radius 2 is 2.00 bits per heavy atom. The van der Waals surface area contributed by atoms with Crippen molar-refractivity contribution in [3.8, 4) is 0 Å². The summed E-state index contributed by atoms with van der Waals surface area (Å²) in [6.45, 7) is 2.45. The molecule has 118 valence electrons. The summed E-state index contributed by atoms with van der Waals surface area (Å²) >= 11 is 0. The molecule has 1 rings (SSSR count). The monoisotopic (exact) mass is 288 g/mol. The van der Waals surface area contributed by atoms with Crippen LogP contribution in [0.5, 0.6) is 0 Å². The molecule has 5 heteroatoms. The van der Waals surface area contributed by atoms with Gasteiger partial charge in [0.05, 0.1) is 13.2 Å². The van der Waals surface area contributed by atoms with Crippen LogP contribution < -0.4 is 0 Å². The SMILES string of the molecule is CC/C=C/CCCCCO[C@H]1[C@H](O)[C@@H](CO)OC[C@@H]1O. The Labute approximate surface area is 121 Å². The van der Waals surface area contributed by atoms with Crippen LogP contribution >= 0.6 is 0 Å². The fourth-order valence-electron chi connectivity index (χ4n) is 2.27. The van der Waals surface area contributed by atoms with Crippen molar-refractivity contribution in [2.75, 3.05) is 19.8 Å². The van der Waals surface area contributed by atoms with Crippen molar-refractivity contribution in [2.24, 2.45) is 0 Å². The summed E-state index contributed by atoms with van der Waals surface area (Å²) < 4.78 is 10.7. The van der Waals surface area contributed by atoms with Crippen LogP contribution in [0.3, 0.4) is 0 Å². The number of rotatable bonds is 9. The Balaban J connectivity index is 2.14. The number of aliphatic hydroxyl groups excluding tert-OH is 3. The predicted octanol–water partition coefficient (Wildman–Crippen LogP) is 1.01. The summed E-state index contributed by atoms with van der Waals surface area (Å²) in [5.74, 6) is 0. The molecule has 0 radical (unpaired) electrons. The molecule has 4 atom stereocenters. The highest BCUT2D eigenvalue weighted by atomic mass is 16.6. The molecule has 1 heterocycles. The lowest BCUT2D eigenvalue weighted by Crippen LogP contribution is -2.55. The molecule has 0 bridgehead atoms. The quantitative estimate of drug-likeness (QED) is 0.436. The van der Waals surface area contributed by atoms with Crippen molar-refractivity contribution < 1.29 is 24.8 Å². The van der Waals surface area contributed by atoms with Gasteiger partial charge in [-0.25, -0.2) is 0 Å². The van der Waals surface area contributed by atoms with Gasteiger partial charge in [-0.05, 0) is 25.7 Å². The summed E-state index contributed by atoms with van der Waals surface area (Å²) in [6.07, 6.45) is 6.47. The van der Waals surface area contributed by atoms with Crippen LogP contribution in [0.1, 0.15) is 39.0 Å². The van der Waals surface area contributed by atoms with Crippen molar-refractivity contribution in [3.63, 3.8) is 0 Å². The maximum atomic E-state index is 9.92. The van der Waals surface area contributed by atoms with Crippen molar-refractivity contribution in [2.45, 2.75) is 63.4 Å². The van der Waals surface area contributed by atoms with Gasteiger partial charge in [0.25, 0.3) is 0 Å². The zero-order chi connectivity index (χ0) is 14.8. The molecule has 1 aliphatic rings. The standard InChI is InChI=1S/C15H28O5/c1-2-3-4-5-6-7-8-9-19-15-12(17)11-20-13(10-16)14(15)18/h3-4,12-18H,2,5-11H2,1H3/b4-3+/t12-,13+,14+,15+/m0/s1. The normalized spacial score (nSPS) is 31.0. The van der Waals surface area contributed by atoms with E-state index in [1.54, 1.807) is 0 Å². The van der Waals surface area contributed by atoms with Crippen LogP contribution in [0, 0.1) is 0 Å². The Morgan fingerprint density at radius 1 is 1.20 bits per heavy atom. The highest BCUT2D eigenvalue weighted by molar-refractivity contribution is 4.87. The van der Waals surface area contributed by atoms with E-state index in [1.165, 1.54) is 0 Å². The van der Waals surface area contributed by atoms with Gasteiger partial charge in [-0.3, -0.25) is 0 Å². The van der Waals surface area contributed by atoms with E-state index in [0.29, 0.717) is 6.61 Å². The van der Waals surface area contributed by atoms with E-state index in [0.717, 1.165) is 32.1 Å². The lowest BCUT2D eigenvalue weighted by Gasteiger charge is -2.37. The van der Waals surface area contributed by atoms with Crippen molar-refractivity contribution >= 4 is 0 Å². The third kappa shape index (κ3) is 5.89. The number of hydrogen-bond acceptors (Lipinski definition) is 5. The van der Waals surface area contributed by atoms with Crippen molar-refractivity contribution in [3.05, 3.63) is 12.2 Å². The minimum Gasteiger partial charge on any atom is -0.394 e. The van der Waals surface area contributed by atoms with E-state index < -0.39 is 24.4 Å². The smallest absolute Gasteiger partial charge is 0.114 e. The van der Waals surface area contributed by atoms with Crippen LogP contribution in [0.25, 0.3) is 0 Å². The maximum Gasteiger partial charge on any atom is 0.114 e. The second kappa shape index (κ2) is 10.3. The van der Waals surface area contributed by atoms with E-state index in [4.69, 9.17) is 14.6 Å². The topological polar surface area (TPSA) is 79.2 Å². The first-order valence-electron chi connectivity index (χ1n) is 7.55.